The van der Waals surface area contributed by atoms with Crippen LogP contribution in [0.2, 0.25) is 0 Å². The second-order valence-electron chi connectivity index (χ2n) is 4.33. The van der Waals surface area contributed by atoms with Gasteiger partial charge in [0.1, 0.15) is 5.82 Å². The van der Waals surface area contributed by atoms with E-state index in [0.29, 0.717) is 0 Å². The molecule has 1 saturated carbocycles. The largest absolute Gasteiger partial charge is 0.395 e. The van der Waals surface area contributed by atoms with Crippen molar-refractivity contribution < 1.29 is 5.11 Å². The molecule has 1 aliphatic rings. The lowest BCUT2D eigenvalue weighted by molar-refractivity contribution is 0.250. The summed E-state index contributed by atoms with van der Waals surface area (Å²) in [6.45, 7) is 0.174. The van der Waals surface area contributed by atoms with Crippen LogP contribution < -0.4 is 0 Å². The first-order chi connectivity index (χ1) is 7.84. The molecule has 0 radical (unpaired) electrons. The lowest BCUT2D eigenvalue weighted by Gasteiger charge is -2.06. The summed E-state index contributed by atoms with van der Waals surface area (Å²) in [7, 11) is 0. The fourth-order valence-electron chi connectivity index (χ4n) is 1.88. The lowest BCUT2D eigenvalue weighted by atomic mass is 10.1. The van der Waals surface area contributed by atoms with Crippen molar-refractivity contribution in [2.45, 2.75) is 18.3 Å². The third kappa shape index (κ3) is 1.42. The molecule has 2 aromatic heterocycles. The molecule has 3 rings (SSSR count). The van der Waals surface area contributed by atoms with Crippen molar-refractivity contribution in [1.82, 2.24) is 15.0 Å². The number of nitrogens with zero attached hydrogens (tertiary/aromatic N) is 2. The first-order valence-corrected chi connectivity index (χ1v) is 5.41. The Kier molecular flexibility index (Phi) is 2.04. The molecule has 0 bridgehead atoms. The monoisotopic (exact) mass is 215 g/mol. The van der Waals surface area contributed by atoms with Crippen LogP contribution in [0.5, 0.6) is 0 Å². The molecule has 0 aliphatic heterocycles. The van der Waals surface area contributed by atoms with Gasteiger partial charge in [-0.1, -0.05) is 0 Å². The van der Waals surface area contributed by atoms with E-state index in [1.807, 2.05) is 18.3 Å². The zero-order chi connectivity index (χ0) is 11.0. The van der Waals surface area contributed by atoms with Gasteiger partial charge in [0.15, 0.2) is 0 Å². The maximum absolute atomic E-state index is 9.32. The van der Waals surface area contributed by atoms with Crippen molar-refractivity contribution in [1.29, 1.82) is 0 Å². The third-order valence-corrected chi connectivity index (χ3v) is 3.21. The summed E-state index contributed by atoms with van der Waals surface area (Å²) in [5, 5.41) is 9.32. The van der Waals surface area contributed by atoms with Gasteiger partial charge in [-0.05, 0) is 25.0 Å². The van der Waals surface area contributed by atoms with Crippen LogP contribution in [0.3, 0.4) is 0 Å². The van der Waals surface area contributed by atoms with E-state index >= 15 is 0 Å². The van der Waals surface area contributed by atoms with Crippen LogP contribution in [0.1, 0.15) is 18.7 Å². The molecule has 82 valence electrons. The van der Waals surface area contributed by atoms with E-state index in [0.717, 1.165) is 29.9 Å². The average molecular weight is 215 g/mol. The SMILES string of the molecule is OCC1(c2ncc(-c3cccnc3)[nH]2)CC1. The topological polar surface area (TPSA) is 61.8 Å². The number of imidazole rings is 1. The van der Waals surface area contributed by atoms with Crippen molar-refractivity contribution in [3.63, 3.8) is 0 Å². The van der Waals surface area contributed by atoms with Gasteiger partial charge in [-0.2, -0.15) is 0 Å². The van der Waals surface area contributed by atoms with Gasteiger partial charge >= 0.3 is 0 Å². The van der Waals surface area contributed by atoms with E-state index in [9.17, 15) is 5.11 Å². The summed E-state index contributed by atoms with van der Waals surface area (Å²) >= 11 is 0. The van der Waals surface area contributed by atoms with Crippen LogP contribution in [0, 0.1) is 0 Å². The van der Waals surface area contributed by atoms with E-state index in [-0.39, 0.29) is 12.0 Å². The Hall–Kier alpha value is -1.68. The van der Waals surface area contributed by atoms with E-state index in [2.05, 4.69) is 15.0 Å². The third-order valence-electron chi connectivity index (χ3n) is 3.21. The van der Waals surface area contributed by atoms with Crippen LogP contribution >= 0.6 is 0 Å². The molecule has 0 saturated heterocycles. The Morgan fingerprint density at radius 3 is 2.88 bits per heavy atom. The van der Waals surface area contributed by atoms with Gasteiger partial charge in [-0.25, -0.2) is 4.98 Å². The van der Waals surface area contributed by atoms with Crippen LogP contribution in [-0.2, 0) is 5.41 Å². The van der Waals surface area contributed by atoms with Crippen molar-refractivity contribution in [2.24, 2.45) is 0 Å². The molecule has 0 unspecified atom stereocenters. The van der Waals surface area contributed by atoms with Crippen LogP contribution in [-0.4, -0.2) is 26.7 Å². The average Bonchev–Trinajstić information content (AvgIpc) is 3.00. The fourth-order valence-corrected chi connectivity index (χ4v) is 1.88. The second kappa shape index (κ2) is 3.42. The van der Waals surface area contributed by atoms with Crippen molar-refractivity contribution >= 4 is 0 Å². The minimum absolute atomic E-state index is 0.0968. The zero-order valence-electron chi connectivity index (χ0n) is 8.85. The number of aliphatic hydroxyl groups is 1. The summed E-state index contributed by atoms with van der Waals surface area (Å²) in [5.74, 6) is 0.897. The normalized spacial score (nSPS) is 17.3. The molecule has 0 amide bonds. The molecule has 4 nitrogen and oxygen atoms in total. The van der Waals surface area contributed by atoms with Crippen molar-refractivity contribution in [2.75, 3.05) is 6.61 Å². The molecule has 1 aliphatic carbocycles. The Labute approximate surface area is 93.4 Å². The lowest BCUT2D eigenvalue weighted by Crippen LogP contribution is -2.13. The van der Waals surface area contributed by atoms with Gasteiger partial charge < -0.3 is 10.1 Å². The molecule has 2 aromatic rings. The Bertz CT molecular complexity index is 488. The fraction of sp³-hybridized carbons (Fsp3) is 0.333. The summed E-state index contributed by atoms with van der Waals surface area (Å²) in [4.78, 5) is 11.7. The van der Waals surface area contributed by atoms with E-state index < -0.39 is 0 Å². The highest BCUT2D eigenvalue weighted by molar-refractivity contribution is 5.57. The Balaban J connectivity index is 1.94. The van der Waals surface area contributed by atoms with Gasteiger partial charge in [0.2, 0.25) is 0 Å². The number of aromatic amines is 1. The zero-order valence-corrected chi connectivity index (χ0v) is 8.85. The standard InChI is InChI=1S/C12H13N3O/c16-8-12(3-4-12)11-14-7-10(15-11)9-2-1-5-13-6-9/h1-2,5-7,16H,3-4,8H2,(H,14,15). The molecule has 0 atom stereocenters. The molecule has 0 aromatic carbocycles. The molecular weight excluding hydrogens is 202 g/mol. The first-order valence-electron chi connectivity index (χ1n) is 5.41. The molecule has 16 heavy (non-hydrogen) atoms. The number of hydrogen-bond donors (Lipinski definition) is 2. The smallest absolute Gasteiger partial charge is 0.115 e. The summed E-state index contributed by atoms with van der Waals surface area (Å²) in [5.41, 5.74) is 1.89. The van der Waals surface area contributed by atoms with E-state index in [1.54, 1.807) is 12.4 Å². The maximum atomic E-state index is 9.32. The van der Waals surface area contributed by atoms with Gasteiger partial charge in [0.05, 0.1) is 23.9 Å². The number of aromatic nitrogens is 3. The van der Waals surface area contributed by atoms with Crippen LogP contribution in [0.15, 0.2) is 30.7 Å². The predicted molar refractivity (Wildman–Crippen MR) is 59.8 cm³/mol. The number of rotatable bonds is 3. The number of H-pyrrole nitrogens is 1. The summed E-state index contributed by atoms with van der Waals surface area (Å²) in [6, 6.07) is 3.89. The number of nitrogens with one attached hydrogen (secondary N) is 1. The van der Waals surface area contributed by atoms with E-state index in [1.165, 1.54) is 0 Å². The second-order valence-corrected chi connectivity index (χ2v) is 4.33. The van der Waals surface area contributed by atoms with Crippen molar-refractivity contribution in [3.8, 4) is 11.3 Å². The first kappa shape index (κ1) is 9.54. The van der Waals surface area contributed by atoms with Gasteiger partial charge in [-0.3, -0.25) is 4.98 Å². The highest BCUT2D eigenvalue weighted by atomic mass is 16.3. The van der Waals surface area contributed by atoms with Gasteiger partial charge in [-0.15, -0.1) is 0 Å². The predicted octanol–water partition coefficient (Wildman–Crippen LogP) is 1.50. The molecule has 2 N–H and O–H groups in total. The molecule has 4 heteroatoms. The van der Waals surface area contributed by atoms with E-state index in [4.69, 9.17) is 0 Å². The maximum Gasteiger partial charge on any atom is 0.115 e. The highest BCUT2D eigenvalue weighted by Gasteiger charge is 2.46. The molecule has 1 fully saturated rings. The minimum atomic E-state index is -0.0968. The van der Waals surface area contributed by atoms with Crippen LogP contribution in [0.4, 0.5) is 0 Å². The number of hydrogen-bond acceptors (Lipinski definition) is 3. The molecule has 0 spiro atoms. The van der Waals surface area contributed by atoms with Crippen molar-refractivity contribution in [3.05, 3.63) is 36.5 Å². The van der Waals surface area contributed by atoms with Crippen LogP contribution in [0.25, 0.3) is 11.3 Å². The quantitative estimate of drug-likeness (QED) is 0.815. The summed E-state index contributed by atoms with van der Waals surface area (Å²) < 4.78 is 0. The Morgan fingerprint density at radius 2 is 2.25 bits per heavy atom. The molecule has 2 heterocycles. The van der Waals surface area contributed by atoms with Gasteiger partial charge in [0, 0.05) is 18.0 Å². The minimum Gasteiger partial charge on any atom is -0.395 e. The number of pyridine rings is 1. The van der Waals surface area contributed by atoms with Gasteiger partial charge in [0.25, 0.3) is 0 Å². The molecular formula is C12H13N3O. The highest BCUT2D eigenvalue weighted by Crippen LogP contribution is 2.46. The summed E-state index contributed by atoms with van der Waals surface area (Å²) in [6.07, 6.45) is 7.39. The Morgan fingerprint density at radius 1 is 1.38 bits per heavy atom. The number of aliphatic hydroxyl groups excluding tert-OH is 1.